The molecule has 144 valence electrons. The molecule has 4 fully saturated rings. The highest BCUT2D eigenvalue weighted by Gasteiger charge is 2.66. The Kier molecular flexibility index (Phi) is 4.13. The first-order valence-corrected chi connectivity index (χ1v) is 10.4. The lowest BCUT2D eigenvalue weighted by Crippen LogP contribution is -2.61. The van der Waals surface area contributed by atoms with Crippen LogP contribution in [0.15, 0.2) is 0 Å². The number of aliphatic hydroxyl groups is 4. The van der Waals surface area contributed by atoms with Gasteiger partial charge in [-0.15, -0.1) is 0 Å². The van der Waals surface area contributed by atoms with Crippen LogP contribution < -0.4 is 0 Å². The minimum Gasteiger partial charge on any atom is -0.393 e. The summed E-state index contributed by atoms with van der Waals surface area (Å²) >= 11 is 0. The predicted octanol–water partition coefficient (Wildman–Crippen LogP) is 2.47. The van der Waals surface area contributed by atoms with Crippen molar-refractivity contribution in [1.29, 1.82) is 0 Å². The zero-order valence-electron chi connectivity index (χ0n) is 16.0. The van der Waals surface area contributed by atoms with Crippen molar-refractivity contribution in [1.82, 2.24) is 0 Å². The van der Waals surface area contributed by atoms with Gasteiger partial charge in [0.1, 0.15) is 0 Å². The Bertz CT molecular complexity index is 536. The first-order chi connectivity index (χ1) is 11.6. The second kappa shape index (κ2) is 5.67. The van der Waals surface area contributed by atoms with Gasteiger partial charge in [0.05, 0.1) is 23.9 Å². The molecule has 4 N–H and O–H groups in total. The third-order valence-electron chi connectivity index (χ3n) is 9.56. The number of hydrogen-bond acceptors (Lipinski definition) is 4. The third kappa shape index (κ3) is 2.27. The van der Waals surface area contributed by atoms with Gasteiger partial charge in [0.25, 0.3) is 0 Å². The summed E-state index contributed by atoms with van der Waals surface area (Å²) < 4.78 is 0. The summed E-state index contributed by atoms with van der Waals surface area (Å²) in [5.41, 5.74) is -1.14. The first kappa shape index (κ1) is 18.2. The molecule has 4 rings (SSSR count). The van der Waals surface area contributed by atoms with Crippen molar-refractivity contribution < 1.29 is 20.4 Å². The fourth-order valence-electron chi connectivity index (χ4n) is 8.02. The molecule has 0 amide bonds. The zero-order chi connectivity index (χ0) is 18.2. The molecule has 4 aliphatic carbocycles. The molecule has 0 aromatic rings. The van der Waals surface area contributed by atoms with Gasteiger partial charge in [0, 0.05) is 5.41 Å². The van der Waals surface area contributed by atoms with Crippen LogP contribution in [0.1, 0.15) is 72.1 Å². The number of fused-ring (bicyclic) bond motifs is 5. The maximum atomic E-state index is 11.3. The summed E-state index contributed by atoms with van der Waals surface area (Å²) in [6.07, 6.45) is 5.73. The number of aliphatic hydroxyl groups excluding tert-OH is 3. The van der Waals surface area contributed by atoms with E-state index in [2.05, 4.69) is 13.8 Å². The second-order valence-electron chi connectivity index (χ2n) is 10.3. The molecule has 4 heteroatoms. The molecular formula is C21H36O4. The molecule has 0 spiro atoms. The molecule has 25 heavy (non-hydrogen) atoms. The van der Waals surface area contributed by atoms with Crippen molar-refractivity contribution in [2.24, 2.45) is 34.5 Å². The molecule has 0 saturated heterocycles. The fraction of sp³-hybridized carbons (Fsp3) is 1.00. The predicted molar refractivity (Wildman–Crippen MR) is 95.8 cm³/mol. The van der Waals surface area contributed by atoms with E-state index in [1.165, 1.54) is 0 Å². The van der Waals surface area contributed by atoms with Gasteiger partial charge in [-0.1, -0.05) is 13.8 Å². The molecule has 0 radical (unpaired) electrons. The van der Waals surface area contributed by atoms with Gasteiger partial charge in [-0.05, 0) is 87.4 Å². The Morgan fingerprint density at radius 3 is 2.24 bits per heavy atom. The van der Waals surface area contributed by atoms with Crippen LogP contribution in [0.5, 0.6) is 0 Å². The average molecular weight is 353 g/mol. The van der Waals surface area contributed by atoms with Crippen LogP contribution in [-0.4, -0.2) is 44.3 Å². The number of rotatable bonds is 1. The highest BCUT2D eigenvalue weighted by Crippen LogP contribution is 2.68. The van der Waals surface area contributed by atoms with E-state index in [0.717, 1.165) is 44.9 Å². The normalized spacial score (nSPS) is 59.6. The van der Waals surface area contributed by atoms with E-state index in [1.807, 2.05) is 0 Å². The molecule has 10 atom stereocenters. The van der Waals surface area contributed by atoms with E-state index >= 15 is 0 Å². The minimum absolute atomic E-state index is 0.106. The lowest BCUT2D eigenvalue weighted by atomic mass is 9.43. The molecule has 0 aromatic carbocycles. The highest BCUT2D eigenvalue weighted by atomic mass is 16.3. The van der Waals surface area contributed by atoms with Gasteiger partial charge >= 0.3 is 0 Å². The minimum atomic E-state index is -0.992. The summed E-state index contributed by atoms with van der Waals surface area (Å²) in [5, 5.41) is 42.6. The average Bonchev–Trinajstić information content (AvgIpc) is 2.83. The Hall–Kier alpha value is -0.160. The van der Waals surface area contributed by atoms with Gasteiger partial charge in [0.2, 0.25) is 0 Å². The van der Waals surface area contributed by atoms with Crippen molar-refractivity contribution in [3.8, 4) is 0 Å². The van der Waals surface area contributed by atoms with Crippen LogP contribution in [0.3, 0.4) is 0 Å². The van der Waals surface area contributed by atoms with Crippen LogP contribution in [0.25, 0.3) is 0 Å². The molecule has 0 bridgehead atoms. The lowest BCUT2D eigenvalue weighted by Gasteiger charge is -2.62. The number of hydrogen-bond donors (Lipinski definition) is 4. The molecule has 4 aliphatic rings. The van der Waals surface area contributed by atoms with Crippen molar-refractivity contribution in [2.45, 2.75) is 96.1 Å². The zero-order valence-corrected chi connectivity index (χ0v) is 16.0. The van der Waals surface area contributed by atoms with Crippen LogP contribution in [-0.2, 0) is 0 Å². The van der Waals surface area contributed by atoms with Crippen molar-refractivity contribution in [3.63, 3.8) is 0 Å². The molecule has 4 nitrogen and oxygen atoms in total. The van der Waals surface area contributed by atoms with Gasteiger partial charge in [-0.3, -0.25) is 0 Å². The second-order valence-corrected chi connectivity index (χ2v) is 10.3. The van der Waals surface area contributed by atoms with Gasteiger partial charge in [0.15, 0.2) is 0 Å². The lowest BCUT2D eigenvalue weighted by molar-refractivity contribution is -0.203. The van der Waals surface area contributed by atoms with Crippen molar-refractivity contribution in [3.05, 3.63) is 0 Å². The third-order valence-corrected chi connectivity index (χ3v) is 9.56. The highest BCUT2D eigenvalue weighted by molar-refractivity contribution is 5.16. The van der Waals surface area contributed by atoms with Crippen LogP contribution in [0.4, 0.5) is 0 Å². The van der Waals surface area contributed by atoms with E-state index in [0.29, 0.717) is 24.2 Å². The molecule has 0 aliphatic heterocycles. The summed E-state index contributed by atoms with van der Waals surface area (Å²) in [6, 6.07) is 0. The van der Waals surface area contributed by atoms with Gasteiger partial charge in [-0.25, -0.2) is 0 Å². The Morgan fingerprint density at radius 1 is 0.880 bits per heavy atom. The maximum Gasteiger partial charge on any atom is 0.0958 e. The van der Waals surface area contributed by atoms with E-state index in [4.69, 9.17) is 0 Å². The van der Waals surface area contributed by atoms with E-state index < -0.39 is 11.7 Å². The Labute approximate surface area is 151 Å². The smallest absolute Gasteiger partial charge is 0.0958 e. The summed E-state index contributed by atoms with van der Waals surface area (Å²) in [6.45, 7) is 6.26. The summed E-state index contributed by atoms with van der Waals surface area (Å²) in [7, 11) is 0. The largest absolute Gasteiger partial charge is 0.393 e. The standard InChI is InChI=1S/C21H36O4/c1-12(22)21(25)9-6-16-14-11-18(24)17-10-13(23)4-7-19(17,2)15(14)5-8-20(16,21)3/h12-18,22-25H,4-11H2,1-3H3/t12-,13+,14+,15-,16+,17-,18-,19+,20-,21-/m0/s1. The van der Waals surface area contributed by atoms with Crippen LogP contribution >= 0.6 is 0 Å². The van der Waals surface area contributed by atoms with Crippen LogP contribution in [0.2, 0.25) is 0 Å². The Balaban J connectivity index is 1.67. The van der Waals surface area contributed by atoms with Crippen LogP contribution in [0, 0.1) is 34.5 Å². The van der Waals surface area contributed by atoms with E-state index in [1.54, 1.807) is 6.92 Å². The summed E-state index contributed by atoms with van der Waals surface area (Å²) in [5.74, 6) is 1.59. The molecule has 0 aromatic heterocycles. The first-order valence-electron chi connectivity index (χ1n) is 10.4. The quantitative estimate of drug-likeness (QED) is 0.584. The molecular weight excluding hydrogens is 316 g/mol. The van der Waals surface area contributed by atoms with Crippen molar-refractivity contribution in [2.75, 3.05) is 0 Å². The topological polar surface area (TPSA) is 80.9 Å². The maximum absolute atomic E-state index is 11.3. The van der Waals surface area contributed by atoms with Crippen molar-refractivity contribution >= 4 is 0 Å². The monoisotopic (exact) mass is 352 g/mol. The SMILES string of the molecule is C[C@H](O)[C@@]1(O)CC[C@@H]2[C@@H]3C[C@H](O)[C@@H]4C[C@H](O)CC[C@]4(C)[C@H]3CC[C@@]21C. The van der Waals surface area contributed by atoms with Gasteiger partial charge < -0.3 is 20.4 Å². The fourth-order valence-corrected chi connectivity index (χ4v) is 8.02. The molecule has 0 unspecified atom stereocenters. The van der Waals surface area contributed by atoms with E-state index in [9.17, 15) is 20.4 Å². The molecule has 4 saturated carbocycles. The van der Waals surface area contributed by atoms with E-state index in [-0.39, 0.29) is 29.0 Å². The summed E-state index contributed by atoms with van der Waals surface area (Å²) in [4.78, 5) is 0. The van der Waals surface area contributed by atoms with Gasteiger partial charge in [-0.2, -0.15) is 0 Å². The molecule has 0 heterocycles. The Morgan fingerprint density at radius 2 is 1.56 bits per heavy atom.